The first kappa shape index (κ1) is 18.5. The molecule has 1 N–H and O–H groups in total. The van der Waals surface area contributed by atoms with Crippen molar-refractivity contribution < 1.29 is 4.74 Å². The first-order valence-corrected chi connectivity index (χ1v) is 8.61. The number of rotatable bonds is 10. The normalized spacial score (nSPS) is 13.4. The lowest BCUT2D eigenvalue weighted by molar-refractivity contribution is -0.0718. The average molecular weight is 312 g/mol. The van der Waals surface area contributed by atoms with Crippen LogP contribution in [0, 0.1) is 0 Å². The van der Waals surface area contributed by atoms with E-state index >= 15 is 0 Å². The minimum absolute atomic E-state index is 0.0937. The van der Waals surface area contributed by atoms with Gasteiger partial charge in [-0.3, -0.25) is 0 Å². The van der Waals surface area contributed by atoms with Crippen molar-refractivity contribution in [2.24, 2.45) is 0 Å². The molecule has 1 unspecified atom stereocenters. The summed E-state index contributed by atoms with van der Waals surface area (Å²) in [5, 5.41) is 4.49. The Morgan fingerprint density at radius 3 is 2.19 bits per heavy atom. The second kappa shape index (κ2) is 9.45. The van der Waals surface area contributed by atoms with Gasteiger partial charge < -0.3 is 10.1 Å². The molecule has 0 aliphatic rings. The summed E-state index contributed by atoms with van der Waals surface area (Å²) in [6.45, 7) is 10.5. The molecule has 0 fully saturated rings. The van der Waals surface area contributed by atoms with Gasteiger partial charge in [-0.25, -0.2) is 0 Å². The van der Waals surface area contributed by atoms with E-state index in [9.17, 15) is 0 Å². The summed E-state index contributed by atoms with van der Waals surface area (Å²) in [6, 6.07) is 8.49. The van der Waals surface area contributed by atoms with Gasteiger partial charge in [-0.05, 0) is 56.8 Å². The van der Waals surface area contributed by atoms with Crippen LogP contribution in [0.4, 0.5) is 0 Å². The van der Waals surface area contributed by atoms with Crippen LogP contribution < -0.4 is 5.32 Å². The molecule has 1 aromatic rings. The molecule has 3 heteroatoms. The zero-order chi connectivity index (χ0) is 15.7. The third-order valence-electron chi connectivity index (χ3n) is 4.26. The van der Waals surface area contributed by atoms with Crippen molar-refractivity contribution in [2.75, 3.05) is 13.2 Å². The summed E-state index contributed by atoms with van der Waals surface area (Å²) in [5.41, 5.74) is 1.21. The average Bonchev–Trinajstić information content (AvgIpc) is 2.51. The highest BCUT2D eigenvalue weighted by atomic mass is 35.5. The molecule has 1 atom stereocenters. The van der Waals surface area contributed by atoms with E-state index < -0.39 is 0 Å². The number of nitrogens with one attached hydrogen (secondary N) is 1. The van der Waals surface area contributed by atoms with E-state index in [-0.39, 0.29) is 5.60 Å². The predicted octanol–water partition coefficient (Wildman–Crippen LogP) is 4.85. The van der Waals surface area contributed by atoms with Gasteiger partial charge in [0.25, 0.3) is 0 Å². The third kappa shape index (κ3) is 5.28. The first-order chi connectivity index (χ1) is 10.1. The predicted molar refractivity (Wildman–Crippen MR) is 92.2 cm³/mol. The number of benzene rings is 1. The van der Waals surface area contributed by atoms with Crippen LogP contribution in [0.5, 0.6) is 0 Å². The van der Waals surface area contributed by atoms with Gasteiger partial charge in [0.1, 0.15) is 0 Å². The zero-order valence-electron chi connectivity index (χ0n) is 13.9. The van der Waals surface area contributed by atoms with Crippen LogP contribution in [0.1, 0.15) is 52.5 Å². The number of ether oxygens (including phenoxy) is 1. The van der Waals surface area contributed by atoms with Gasteiger partial charge in [0, 0.05) is 17.7 Å². The van der Waals surface area contributed by atoms with Crippen molar-refractivity contribution in [1.29, 1.82) is 0 Å². The quantitative estimate of drug-likeness (QED) is 0.667. The topological polar surface area (TPSA) is 21.3 Å². The minimum atomic E-state index is -0.0937. The Kier molecular flexibility index (Phi) is 8.31. The number of hydrogen-bond acceptors (Lipinski definition) is 2. The van der Waals surface area contributed by atoms with E-state index in [4.69, 9.17) is 16.3 Å². The van der Waals surface area contributed by atoms with E-state index in [1.54, 1.807) is 0 Å². The highest BCUT2D eigenvalue weighted by molar-refractivity contribution is 6.30. The van der Waals surface area contributed by atoms with Crippen molar-refractivity contribution in [2.45, 2.75) is 65.0 Å². The molecule has 0 amide bonds. The van der Waals surface area contributed by atoms with Crippen LogP contribution in [-0.4, -0.2) is 24.8 Å². The molecule has 21 heavy (non-hydrogen) atoms. The molecule has 0 radical (unpaired) electrons. The summed E-state index contributed by atoms with van der Waals surface area (Å²) in [7, 11) is 0. The van der Waals surface area contributed by atoms with Crippen LogP contribution >= 0.6 is 11.6 Å². The second-order valence-electron chi connectivity index (χ2n) is 5.54. The highest BCUT2D eigenvalue weighted by Crippen LogP contribution is 2.28. The minimum Gasteiger partial charge on any atom is -0.374 e. The second-order valence-corrected chi connectivity index (χ2v) is 5.98. The van der Waals surface area contributed by atoms with E-state index in [1.807, 2.05) is 12.1 Å². The van der Waals surface area contributed by atoms with Crippen molar-refractivity contribution in [1.82, 2.24) is 5.32 Å². The molecule has 0 aromatic heterocycles. The van der Waals surface area contributed by atoms with Crippen LogP contribution in [-0.2, 0) is 11.2 Å². The van der Waals surface area contributed by atoms with E-state index in [0.717, 1.165) is 43.9 Å². The molecule has 1 aromatic carbocycles. The fraction of sp³-hybridized carbons (Fsp3) is 0.667. The maximum Gasteiger partial charge on any atom is 0.0832 e. The lowest BCUT2D eigenvalue weighted by Gasteiger charge is -2.40. The largest absolute Gasteiger partial charge is 0.374 e. The van der Waals surface area contributed by atoms with Gasteiger partial charge in [0.2, 0.25) is 0 Å². The van der Waals surface area contributed by atoms with Gasteiger partial charge in [-0.15, -0.1) is 0 Å². The van der Waals surface area contributed by atoms with Crippen molar-refractivity contribution in [3.63, 3.8) is 0 Å². The molecule has 0 bridgehead atoms. The van der Waals surface area contributed by atoms with Crippen LogP contribution in [0.15, 0.2) is 24.3 Å². The fourth-order valence-corrected chi connectivity index (χ4v) is 3.08. The summed E-state index contributed by atoms with van der Waals surface area (Å²) >= 11 is 5.99. The van der Waals surface area contributed by atoms with E-state index in [1.165, 1.54) is 5.56 Å². The molecule has 1 rings (SSSR count). The smallest absolute Gasteiger partial charge is 0.0832 e. The standard InChI is InChI=1S/C18H30ClNO/c1-5-13-20-17(18(6-2,7-3)21-8-4)14-15-9-11-16(19)12-10-15/h9-12,17,20H,5-8,13-14H2,1-4H3. The molecule has 120 valence electrons. The molecular formula is C18H30ClNO. The van der Waals surface area contributed by atoms with Crippen molar-refractivity contribution >= 4 is 11.6 Å². The maximum absolute atomic E-state index is 6.19. The third-order valence-corrected chi connectivity index (χ3v) is 4.51. The van der Waals surface area contributed by atoms with Crippen LogP contribution in [0.2, 0.25) is 5.02 Å². The Balaban J connectivity index is 2.93. The molecule has 0 aliphatic carbocycles. The highest BCUT2D eigenvalue weighted by Gasteiger charge is 2.36. The van der Waals surface area contributed by atoms with E-state index in [0.29, 0.717) is 6.04 Å². The first-order valence-electron chi connectivity index (χ1n) is 8.23. The van der Waals surface area contributed by atoms with E-state index in [2.05, 4.69) is 45.1 Å². The molecule has 0 saturated carbocycles. The SMILES string of the molecule is CCCNC(Cc1ccc(Cl)cc1)C(CC)(CC)OCC. The van der Waals surface area contributed by atoms with Gasteiger partial charge in [-0.2, -0.15) is 0 Å². The Bertz CT molecular complexity index is 387. The Morgan fingerprint density at radius 2 is 1.71 bits per heavy atom. The Labute approximate surface area is 135 Å². The molecule has 0 spiro atoms. The molecule has 0 heterocycles. The molecular weight excluding hydrogens is 282 g/mol. The maximum atomic E-state index is 6.19. The molecule has 0 saturated heterocycles. The summed E-state index contributed by atoms with van der Waals surface area (Å²) in [5.74, 6) is 0. The van der Waals surface area contributed by atoms with Gasteiger partial charge >= 0.3 is 0 Å². The summed E-state index contributed by atoms with van der Waals surface area (Å²) < 4.78 is 6.19. The summed E-state index contributed by atoms with van der Waals surface area (Å²) in [4.78, 5) is 0. The Morgan fingerprint density at radius 1 is 1.10 bits per heavy atom. The number of hydrogen-bond donors (Lipinski definition) is 1. The van der Waals surface area contributed by atoms with Crippen LogP contribution in [0.25, 0.3) is 0 Å². The molecule has 2 nitrogen and oxygen atoms in total. The molecule has 0 aliphatic heterocycles. The zero-order valence-corrected chi connectivity index (χ0v) is 14.7. The van der Waals surface area contributed by atoms with Crippen molar-refractivity contribution in [3.8, 4) is 0 Å². The van der Waals surface area contributed by atoms with Gasteiger partial charge in [0.15, 0.2) is 0 Å². The number of halogens is 1. The monoisotopic (exact) mass is 311 g/mol. The van der Waals surface area contributed by atoms with Crippen LogP contribution in [0.3, 0.4) is 0 Å². The van der Waals surface area contributed by atoms with Crippen molar-refractivity contribution in [3.05, 3.63) is 34.9 Å². The lowest BCUT2D eigenvalue weighted by Crippen LogP contribution is -2.53. The summed E-state index contributed by atoms with van der Waals surface area (Å²) in [6.07, 6.45) is 4.14. The lowest BCUT2D eigenvalue weighted by atomic mass is 9.84. The van der Waals surface area contributed by atoms with Gasteiger partial charge in [0.05, 0.1) is 5.60 Å². The fourth-order valence-electron chi connectivity index (χ4n) is 2.95. The van der Waals surface area contributed by atoms with Gasteiger partial charge in [-0.1, -0.05) is 44.5 Å². The Hall–Kier alpha value is -0.570.